The van der Waals surface area contributed by atoms with Crippen molar-refractivity contribution < 1.29 is 24.0 Å². The highest BCUT2D eigenvalue weighted by molar-refractivity contribution is 5.92. The molecule has 5 atom stereocenters. The highest BCUT2D eigenvalue weighted by Gasteiger charge is 2.39. The van der Waals surface area contributed by atoms with E-state index in [-0.39, 0.29) is 48.7 Å². The largest absolute Gasteiger partial charge is 0.399 e. The van der Waals surface area contributed by atoms with Gasteiger partial charge < -0.3 is 52.8 Å². The van der Waals surface area contributed by atoms with Crippen molar-refractivity contribution in [1.82, 2.24) is 41.3 Å². The lowest BCUT2D eigenvalue weighted by atomic mass is 10.0. The third-order valence-electron chi connectivity index (χ3n) is 9.84. The summed E-state index contributed by atoms with van der Waals surface area (Å²) in [7, 11) is 3.36. The summed E-state index contributed by atoms with van der Waals surface area (Å²) in [5.74, 6) is -1.75. The molecule has 0 radical (unpaired) electrons. The standard InChI is InChI=1S/C38H62N10O5/c1-9-11-13-31(46-14-15-47(22-46)38(53)34(23(3)4)45-37(52)25(6)42-8)27-16-26(17-28(39)18-27)30(12-10-2)44-29-19-32(35(40)50)48(21-29)33(49)20-43-36(51)24(5)41-7/h12-13,16-18,23-25,29,32,34,41-42,44H,9-11,14-15,19-22,39H2,1-8H3,(H2,40,50)(H,43,51)(H,45,52)/b30-12+,31-13-/t24?,25-,29?,32?,34?/m0/s1. The number of nitrogens with two attached hydrogens (primary N) is 2. The van der Waals surface area contributed by atoms with Crippen LogP contribution in [0, 0.1) is 5.92 Å². The van der Waals surface area contributed by atoms with Crippen molar-refractivity contribution in [3.63, 3.8) is 0 Å². The average molecular weight is 739 g/mol. The molecule has 3 rings (SSSR count). The normalized spacial score (nSPS) is 19.6. The van der Waals surface area contributed by atoms with Crippen molar-refractivity contribution in [2.75, 3.05) is 52.7 Å². The summed E-state index contributed by atoms with van der Waals surface area (Å²) in [5.41, 5.74) is 16.3. The molecule has 4 unspecified atom stereocenters. The number of hydrogen-bond acceptors (Lipinski definition) is 10. The van der Waals surface area contributed by atoms with Gasteiger partial charge in [0, 0.05) is 48.3 Å². The van der Waals surface area contributed by atoms with Crippen LogP contribution in [0.15, 0.2) is 30.4 Å². The van der Waals surface area contributed by atoms with E-state index >= 15 is 0 Å². The molecule has 294 valence electrons. The van der Waals surface area contributed by atoms with E-state index in [4.69, 9.17) is 11.5 Å². The minimum absolute atomic E-state index is 0.0937. The molecule has 2 heterocycles. The molecule has 0 bridgehead atoms. The number of allylic oxidation sites excluding steroid dienone is 2. The van der Waals surface area contributed by atoms with E-state index in [1.165, 1.54) is 4.90 Å². The summed E-state index contributed by atoms with van der Waals surface area (Å²) < 4.78 is 0. The van der Waals surface area contributed by atoms with Crippen molar-refractivity contribution in [1.29, 1.82) is 0 Å². The van der Waals surface area contributed by atoms with Crippen LogP contribution in [-0.2, 0) is 24.0 Å². The first kappa shape index (κ1) is 42.8. The average Bonchev–Trinajstić information content (AvgIpc) is 3.79. The third kappa shape index (κ3) is 11.4. The molecule has 0 saturated carbocycles. The molecule has 2 aliphatic rings. The van der Waals surface area contributed by atoms with Crippen molar-refractivity contribution in [2.45, 2.75) is 97.4 Å². The number of rotatable bonds is 18. The first-order chi connectivity index (χ1) is 25.1. The second kappa shape index (κ2) is 20.0. The Balaban J connectivity index is 1.84. The molecule has 0 aromatic heterocycles. The molecule has 9 N–H and O–H groups in total. The zero-order chi connectivity index (χ0) is 39.4. The first-order valence-corrected chi connectivity index (χ1v) is 18.8. The van der Waals surface area contributed by atoms with Crippen LogP contribution in [-0.4, -0.2) is 121 Å². The van der Waals surface area contributed by atoms with Gasteiger partial charge in [0.15, 0.2) is 0 Å². The molecule has 0 aliphatic carbocycles. The maximum Gasteiger partial charge on any atom is 0.246 e. The van der Waals surface area contributed by atoms with Crippen LogP contribution in [0.4, 0.5) is 5.69 Å². The molecule has 5 amide bonds. The monoisotopic (exact) mass is 738 g/mol. The van der Waals surface area contributed by atoms with E-state index in [1.54, 1.807) is 32.8 Å². The Morgan fingerprint density at radius 1 is 0.906 bits per heavy atom. The van der Waals surface area contributed by atoms with Crippen molar-refractivity contribution >= 4 is 46.6 Å². The van der Waals surface area contributed by atoms with Gasteiger partial charge in [-0.25, -0.2) is 0 Å². The summed E-state index contributed by atoms with van der Waals surface area (Å²) >= 11 is 0. The Hall–Kier alpha value is -4.63. The number of likely N-dealkylation sites (tertiary alicyclic amines) is 1. The first-order valence-electron chi connectivity index (χ1n) is 18.8. The molecular weight excluding hydrogens is 676 g/mol. The Bertz CT molecular complexity index is 1530. The quantitative estimate of drug-likeness (QED) is 0.105. The summed E-state index contributed by atoms with van der Waals surface area (Å²) in [5, 5.41) is 14.9. The van der Waals surface area contributed by atoms with Crippen molar-refractivity contribution in [2.24, 2.45) is 11.7 Å². The van der Waals surface area contributed by atoms with Crippen LogP contribution >= 0.6 is 0 Å². The van der Waals surface area contributed by atoms with Gasteiger partial charge in [-0.3, -0.25) is 24.0 Å². The molecule has 0 spiro atoms. The number of anilines is 1. The van der Waals surface area contributed by atoms with Crippen LogP contribution in [0.25, 0.3) is 11.4 Å². The number of primary amides is 1. The number of nitrogens with zero attached hydrogens (tertiary/aromatic N) is 3. The topological polar surface area (TPSA) is 207 Å². The van der Waals surface area contributed by atoms with Crippen LogP contribution in [0.5, 0.6) is 0 Å². The highest BCUT2D eigenvalue weighted by Crippen LogP contribution is 2.30. The van der Waals surface area contributed by atoms with Gasteiger partial charge in [0.25, 0.3) is 0 Å². The fourth-order valence-electron chi connectivity index (χ4n) is 6.47. The summed E-state index contributed by atoms with van der Waals surface area (Å²) in [6.45, 7) is 12.9. The van der Waals surface area contributed by atoms with Gasteiger partial charge >= 0.3 is 0 Å². The molecule has 2 aliphatic heterocycles. The van der Waals surface area contributed by atoms with Crippen LogP contribution in [0.1, 0.15) is 78.4 Å². The highest BCUT2D eigenvalue weighted by atomic mass is 16.2. The number of carbonyl (C=O) groups excluding carboxylic acids is 5. The number of carbonyl (C=O) groups is 5. The maximum absolute atomic E-state index is 13.8. The maximum atomic E-state index is 13.8. The van der Waals surface area contributed by atoms with Gasteiger partial charge in [0.1, 0.15) is 12.1 Å². The minimum Gasteiger partial charge on any atom is -0.399 e. The molecule has 15 heteroatoms. The summed E-state index contributed by atoms with van der Waals surface area (Å²) in [6, 6.07) is 3.23. The molecule has 1 aromatic rings. The van der Waals surface area contributed by atoms with Gasteiger partial charge in [-0.1, -0.05) is 46.3 Å². The van der Waals surface area contributed by atoms with E-state index in [0.717, 1.165) is 35.4 Å². The number of nitrogen functional groups attached to an aromatic ring is 1. The van der Waals surface area contributed by atoms with Crippen LogP contribution < -0.4 is 38.1 Å². The predicted octanol–water partition coefficient (Wildman–Crippen LogP) is 0.780. The van der Waals surface area contributed by atoms with E-state index in [2.05, 4.69) is 50.5 Å². The van der Waals surface area contributed by atoms with E-state index in [9.17, 15) is 24.0 Å². The van der Waals surface area contributed by atoms with Gasteiger partial charge in [-0.05, 0) is 76.9 Å². The second-order valence-corrected chi connectivity index (χ2v) is 14.3. The SMILES string of the molecule is CC/C=C(/NC1CC(C(N)=O)N(C(=O)CNC(=O)C(C)NC)C1)c1cc(N)cc(/C(=C/CCC)N2CCN(C(=O)C(NC(=O)[C@H](C)NC)C(C)C)C2)c1. The zero-order valence-electron chi connectivity index (χ0n) is 32.8. The summed E-state index contributed by atoms with van der Waals surface area (Å²) in [6.07, 6.45) is 6.98. The number of likely N-dealkylation sites (N-methyl/N-ethyl adjacent to an activating group) is 2. The number of benzene rings is 1. The lowest BCUT2D eigenvalue weighted by Gasteiger charge is -2.29. The summed E-state index contributed by atoms with van der Waals surface area (Å²) in [4.78, 5) is 69.7. The van der Waals surface area contributed by atoms with Gasteiger partial charge in [0.05, 0.1) is 25.3 Å². The number of hydrogen-bond donors (Lipinski definition) is 7. The molecular formula is C38H62N10O5. The molecule has 2 fully saturated rings. The fraction of sp³-hybridized carbons (Fsp3) is 0.605. The van der Waals surface area contributed by atoms with Gasteiger partial charge in [-0.15, -0.1) is 0 Å². The third-order valence-corrected chi connectivity index (χ3v) is 9.84. The Morgan fingerprint density at radius 2 is 1.55 bits per heavy atom. The Labute approximate surface area is 314 Å². The van der Waals surface area contributed by atoms with E-state index in [0.29, 0.717) is 38.3 Å². The Morgan fingerprint density at radius 3 is 2.15 bits per heavy atom. The lowest BCUT2D eigenvalue weighted by Crippen LogP contribution is -2.54. The van der Waals surface area contributed by atoms with E-state index in [1.807, 2.05) is 39.0 Å². The zero-order valence-corrected chi connectivity index (χ0v) is 32.8. The van der Waals surface area contributed by atoms with Crippen LogP contribution in [0.2, 0.25) is 0 Å². The minimum atomic E-state index is -0.822. The van der Waals surface area contributed by atoms with Crippen LogP contribution in [0.3, 0.4) is 0 Å². The predicted molar refractivity (Wildman–Crippen MR) is 208 cm³/mol. The molecule has 53 heavy (non-hydrogen) atoms. The molecule has 15 nitrogen and oxygen atoms in total. The molecule has 2 saturated heterocycles. The van der Waals surface area contributed by atoms with E-state index < -0.39 is 30.1 Å². The van der Waals surface area contributed by atoms with Gasteiger partial charge in [0.2, 0.25) is 29.5 Å². The second-order valence-electron chi connectivity index (χ2n) is 14.3. The van der Waals surface area contributed by atoms with Gasteiger partial charge in [-0.2, -0.15) is 0 Å². The smallest absolute Gasteiger partial charge is 0.246 e. The lowest BCUT2D eigenvalue weighted by molar-refractivity contribution is -0.137. The number of unbranched alkanes of at least 4 members (excludes halogenated alkanes) is 1. The number of amides is 5. The van der Waals surface area contributed by atoms with Crippen molar-refractivity contribution in [3.8, 4) is 0 Å². The number of nitrogens with one attached hydrogen (secondary N) is 5. The van der Waals surface area contributed by atoms with Crippen molar-refractivity contribution in [3.05, 3.63) is 41.5 Å². The molecule has 1 aromatic carbocycles. The Kier molecular flexibility index (Phi) is 16.1. The fourth-order valence-corrected chi connectivity index (χ4v) is 6.47.